The molecule has 5 nitrogen and oxygen atoms in total. The zero-order valence-electron chi connectivity index (χ0n) is 14.4. The van der Waals surface area contributed by atoms with Gasteiger partial charge < -0.3 is 5.32 Å². The normalized spacial score (nSPS) is 11.8. The number of anilines is 1. The third kappa shape index (κ3) is 3.83. The van der Waals surface area contributed by atoms with Crippen molar-refractivity contribution in [2.24, 2.45) is 0 Å². The SMILES string of the molecule is Cc1ccc(-c2ccc(=O)n(C(C)C(=O)Nc3ccccc3Cl)n2)cc1. The monoisotopic (exact) mass is 367 g/mol. The van der Waals surface area contributed by atoms with Crippen LogP contribution in [0.3, 0.4) is 0 Å². The standard InChI is InChI=1S/C20H18ClN3O2/c1-13-7-9-15(10-8-13)17-11-12-19(25)24(23-17)14(2)20(26)22-18-6-4-3-5-16(18)21/h3-12,14H,1-2H3,(H,22,26). The molecule has 1 atom stereocenters. The molecule has 0 radical (unpaired) electrons. The topological polar surface area (TPSA) is 64.0 Å². The molecule has 1 aromatic heterocycles. The minimum Gasteiger partial charge on any atom is -0.323 e. The van der Waals surface area contributed by atoms with Crippen LogP contribution < -0.4 is 10.9 Å². The number of nitrogens with zero attached hydrogens (tertiary/aromatic N) is 2. The molecule has 0 bridgehead atoms. The molecule has 0 aliphatic heterocycles. The fraction of sp³-hybridized carbons (Fsp3) is 0.150. The predicted molar refractivity (Wildman–Crippen MR) is 103 cm³/mol. The molecule has 132 valence electrons. The van der Waals surface area contributed by atoms with E-state index < -0.39 is 6.04 Å². The van der Waals surface area contributed by atoms with E-state index in [0.717, 1.165) is 11.1 Å². The van der Waals surface area contributed by atoms with E-state index in [4.69, 9.17) is 11.6 Å². The van der Waals surface area contributed by atoms with Crippen LogP contribution in [0.2, 0.25) is 5.02 Å². The summed E-state index contributed by atoms with van der Waals surface area (Å²) < 4.78 is 1.18. The third-order valence-corrected chi connectivity index (χ3v) is 4.38. The zero-order chi connectivity index (χ0) is 18.7. The first-order valence-corrected chi connectivity index (χ1v) is 8.56. The van der Waals surface area contributed by atoms with Gasteiger partial charge in [-0.15, -0.1) is 0 Å². The Morgan fingerprint density at radius 2 is 1.77 bits per heavy atom. The van der Waals surface area contributed by atoms with E-state index in [1.54, 1.807) is 37.3 Å². The highest BCUT2D eigenvalue weighted by molar-refractivity contribution is 6.33. The highest BCUT2D eigenvalue weighted by Crippen LogP contribution is 2.22. The van der Waals surface area contributed by atoms with Crippen LogP contribution in [0.25, 0.3) is 11.3 Å². The molecule has 1 N–H and O–H groups in total. The van der Waals surface area contributed by atoms with Crippen LogP contribution in [-0.4, -0.2) is 15.7 Å². The second-order valence-corrected chi connectivity index (χ2v) is 6.42. The Bertz CT molecular complexity index is 996. The molecular weight excluding hydrogens is 350 g/mol. The molecule has 26 heavy (non-hydrogen) atoms. The number of amides is 1. The van der Waals surface area contributed by atoms with Gasteiger partial charge in [-0.3, -0.25) is 9.59 Å². The summed E-state index contributed by atoms with van der Waals surface area (Å²) in [5.74, 6) is -0.367. The predicted octanol–water partition coefficient (Wildman–Crippen LogP) is 4.07. The van der Waals surface area contributed by atoms with Gasteiger partial charge in [0.25, 0.3) is 5.56 Å². The lowest BCUT2D eigenvalue weighted by molar-refractivity contribution is -0.119. The lowest BCUT2D eigenvalue weighted by Crippen LogP contribution is -2.33. The first-order chi connectivity index (χ1) is 12.5. The van der Waals surface area contributed by atoms with Crippen molar-refractivity contribution in [2.45, 2.75) is 19.9 Å². The molecule has 1 amide bonds. The number of aromatic nitrogens is 2. The van der Waals surface area contributed by atoms with E-state index in [0.29, 0.717) is 16.4 Å². The summed E-state index contributed by atoms with van der Waals surface area (Å²) in [6, 6.07) is 17.0. The van der Waals surface area contributed by atoms with Crippen molar-refractivity contribution in [3.63, 3.8) is 0 Å². The summed E-state index contributed by atoms with van der Waals surface area (Å²) >= 11 is 6.07. The Morgan fingerprint density at radius 3 is 2.46 bits per heavy atom. The fourth-order valence-corrected chi connectivity index (χ4v) is 2.67. The summed E-state index contributed by atoms with van der Waals surface area (Å²) in [5, 5.41) is 7.53. The average molecular weight is 368 g/mol. The van der Waals surface area contributed by atoms with E-state index in [9.17, 15) is 9.59 Å². The third-order valence-electron chi connectivity index (χ3n) is 4.05. The molecule has 0 fully saturated rings. The molecule has 0 spiro atoms. The van der Waals surface area contributed by atoms with Crippen molar-refractivity contribution in [3.8, 4) is 11.3 Å². The molecular formula is C20H18ClN3O2. The Morgan fingerprint density at radius 1 is 1.08 bits per heavy atom. The van der Waals surface area contributed by atoms with Crippen LogP contribution in [0.5, 0.6) is 0 Å². The lowest BCUT2D eigenvalue weighted by Gasteiger charge is -2.15. The number of halogens is 1. The van der Waals surface area contributed by atoms with Gasteiger partial charge in [0.05, 0.1) is 16.4 Å². The van der Waals surface area contributed by atoms with Gasteiger partial charge in [-0.25, -0.2) is 4.68 Å². The Hall–Kier alpha value is -2.92. The molecule has 1 heterocycles. The number of aryl methyl sites for hydroxylation is 1. The van der Waals surface area contributed by atoms with Crippen LogP contribution in [0.1, 0.15) is 18.5 Å². The largest absolute Gasteiger partial charge is 0.323 e. The highest BCUT2D eigenvalue weighted by atomic mass is 35.5. The van der Waals surface area contributed by atoms with E-state index in [1.165, 1.54) is 10.7 Å². The molecule has 1 unspecified atom stereocenters. The summed E-state index contributed by atoms with van der Waals surface area (Å²) in [7, 11) is 0. The second kappa shape index (κ2) is 7.54. The average Bonchev–Trinajstić information content (AvgIpc) is 2.64. The number of rotatable bonds is 4. The smallest absolute Gasteiger partial charge is 0.267 e. The van der Waals surface area contributed by atoms with Gasteiger partial charge in [0.15, 0.2) is 0 Å². The zero-order valence-corrected chi connectivity index (χ0v) is 15.2. The lowest BCUT2D eigenvalue weighted by atomic mass is 10.1. The number of para-hydroxylation sites is 1. The van der Waals surface area contributed by atoms with Crippen molar-refractivity contribution in [1.82, 2.24) is 9.78 Å². The van der Waals surface area contributed by atoms with Crippen LogP contribution in [0.15, 0.2) is 65.5 Å². The number of carbonyl (C=O) groups is 1. The fourth-order valence-electron chi connectivity index (χ4n) is 2.49. The Kier molecular flexibility index (Phi) is 5.19. The maximum Gasteiger partial charge on any atom is 0.267 e. The Labute approximate surface area is 156 Å². The van der Waals surface area contributed by atoms with Crippen LogP contribution in [0.4, 0.5) is 5.69 Å². The van der Waals surface area contributed by atoms with Crippen LogP contribution >= 0.6 is 11.6 Å². The van der Waals surface area contributed by atoms with Gasteiger partial charge in [0.2, 0.25) is 5.91 Å². The molecule has 6 heteroatoms. The van der Waals surface area contributed by atoms with Gasteiger partial charge in [-0.2, -0.15) is 5.10 Å². The van der Waals surface area contributed by atoms with E-state index in [1.807, 2.05) is 31.2 Å². The van der Waals surface area contributed by atoms with Crippen LogP contribution in [-0.2, 0) is 4.79 Å². The van der Waals surface area contributed by atoms with E-state index >= 15 is 0 Å². The summed E-state index contributed by atoms with van der Waals surface area (Å²) in [5.41, 5.74) is 2.79. The molecule has 0 aliphatic carbocycles. The number of carbonyl (C=O) groups excluding carboxylic acids is 1. The van der Waals surface area contributed by atoms with Crippen molar-refractivity contribution in [3.05, 3.63) is 81.6 Å². The number of hydrogen-bond donors (Lipinski definition) is 1. The van der Waals surface area contributed by atoms with Gasteiger partial charge >= 0.3 is 0 Å². The van der Waals surface area contributed by atoms with E-state index in [2.05, 4.69) is 10.4 Å². The van der Waals surface area contributed by atoms with Gasteiger partial charge in [-0.05, 0) is 32.0 Å². The first-order valence-electron chi connectivity index (χ1n) is 8.18. The van der Waals surface area contributed by atoms with Crippen molar-refractivity contribution < 1.29 is 4.79 Å². The van der Waals surface area contributed by atoms with Gasteiger partial charge in [0.1, 0.15) is 6.04 Å². The van der Waals surface area contributed by atoms with Crippen LogP contribution in [0, 0.1) is 6.92 Å². The second-order valence-electron chi connectivity index (χ2n) is 6.01. The van der Waals surface area contributed by atoms with Crippen molar-refractivity contribution >= 4 is 23.2 Å². The summed E-state index contributed by atoms with van der Waals surface area (Å²) in [4.78, 5) is 24.8. The van der Waals surface area contributed by atoms with E-state index in [-0.39, 0.29) is 11.5 Å². The number of benzene rings is 2. The maximum atomic E-state index is 12.5. The molecule has 0 aliphatic rings. The van der Waals surface area contributed by atoms with Crippen molar-refractivity contribution in [2.75, 3.05) is 5.32 Å². The molecule has 3 aromatic rings. The number of hydrogen-bond acceptors (Lipinski definition) is 3. The highest BCUT2D eigenvalue weighted by Gasteiger charge is 2.19. The van der Waals surface area contributed by atoms with Gasteiger partial charge in [0, 0.05) is 11.6 Å². The Balaban J connectivity index is 1.89. The quantitative estimate of drug-likeness (QED) is 0.755. The summed E-state index contributed by atoms with van der Waals surface area (Å²) in [6.07, 6.45) is 0. The van der Waals surface area contributed by atoms with Gasteiger partial charge in [-0.1, -0.05) is 53.6 Å². The molecule has 0 saturated heterocycles. The molecule has 0 saturated carbocycles. The maximum absolute atomic E-state index is 12.5. The minimum atomic E-state index is -0.788. The minimum absolute atomic E-state index is 0.345. The molecule has 3 rings (SSSR count). The number of nitrogens with one attached hydrogen (secondary N) is 1. The summed E-state index contributed by atoms with van der Waals surface area (Å²) in [6.45, 7) is 3.62. The first kappa shape index (κ1) is 17.9. The van der Waals surface area contributed by atoms with Crippen molar-refractivity contribution in [1.29, 1.82) is 0 Å². The molecule has 2 aromatic carbocycles.